The maximum Gasteiger partial charge on any atom is 0.270 e. The van der Waals surface area contributed by atoms with Gasteiger partial charge < -0.3 is 4.90 Å². The Morgan fingerprint density at radius 2 is 1.59 bits per heavy atom. The highest BCUT2D eigenvalue weighted by atomic mass is 16.6. The van der Waals surface area contributed by atoms with Gasteiger partial charge in [-0.1, -0.05) is 38.5 Å². The molecule has 0 N–H and O–H groups in total. The standard InChI is InChI=1S/C24H27N3O2/c1-4-6-14-26(15-7-5-2)23-12-10-20(19(3)16-23)8-9-21-11-13-24(27(28)29)17-22(21)18-25/h10-13,16-17H,4-7,14-15H2,1-3H3. The summed E-state index contributed by atoms with van der Waals surface area (Å²) in [6.07, 6.45) is 4.67. The summed E-state index contributed by atoms with van der Waals surface area (Å²) in [5.74, 6) is 6.11. The number of aryl methyl sites for hydroxylation is 1. The number of nitriles is 1. The summed E-state index contributed by atoms with van der Waals surface area (Å²) in [4.78, 5) is 12.8. The Morgan fingerprint density at radius 3 is 2.14 bits per heavy atom. The van der Waals surface area contributed by atoms with Crippen molar-refractivity contribution in [2.24, 2.45) is 0 Å². The van der Waals surface area contributed by atoms with Crippen molar-refractivity contribution in [2.45, 2.75) is 46.5 Å². The molecule has 0 aromatic heterocycles. The zero-order chi connectivity index (χ0) is 21.2. The van der Waals surface area contributed by atoms with Crippen molar-refractivity contribution >= 4 is 11.4 Å². The van der Waals surface area contributed by atoms with Crippen LogP contribution in [0.3, 0.4) is 0 Å². The molecule has 2 rings (SSSR count). The van der Waals surface area contributed by atoms with Gasteiger partial charge in [0, 0.05) is 42.0 Å². The number of hydrogen-bond donors (Lipinski definition) is 0. The lowest BCUT2D eigenvalue weighted by Gasteiger charge is -2.25. The number of rotatable bonds is 8. The second-order valence-corrected chi connectivity index (χ2v) is 7.04. The Balaban J connectivity index is 2.28. The highest BCUT2D eigenvalue weighted by Gasteiger charge is 2.10. The van der Waals surface area contributed by atoms with Crippen LogP contribution in [0.2, 0.25) is 0 Å². The summed E-state index contributed by atoms with van der Waals surface area (Å²) in [5.41, 5.74) is 3.78. The van der Waals surface area contributed by atoms with Crippen LogP contribution in [0.15, 0.2) is 36.4 Å². The molecule has 0 aliphatic heterocycles. The first-order valence-corrected chi connectivity index (χ1v) is 10.1. The highest BCUT2D eigenvalue weighted by Crippen LogP contribution is 2.21. The Labute approximate surface area is 173 Å². The first-order chi connectivity index (χ1) is 14.0. The predicted molar refractivity (Wildman–Crippen MR) is 117 cm³/mol. The molecule has 2 aromatic rings. The molecule has 0 heterocycles. The van der Waals surface area contributed by atoms with Crippen LogP contribution in [0.5, 0.6) is 0 Å². The van der Waals surface area contributed by atoms with E-state index in [1.54, 1.807) is 0 Å². The lowest BCUT2D eigenvalue weighted by atomic mass is 10.0. The minimum atomic E-state index is -0.510. The van der Waals surface area contributed by atoms with Crippen LogP contribution < -0.4 is 4.90 Å². The number of hydrogen-bond acceptors (Lipinski definition) is 4. The van der Waals surface area contributed by atoms with E-state index in [0.29, 0.717) is 5.56 Å². The molecule has 0 radical (unpaired) electrons. The van der Waals surface area contributed by atoms with Gasteiger partial charge in [0.15, 0.2) is 0 Å². The third-order valence-corrected chi connectivity index (χ3v) is 4.80. The summed E-state index contributed by atoms with van der Waals surface area (Å²) in [7, 11) is 0. The van der Waals surface area contributed by atoms with Crippen molar-refractivity contribution in [2.75, 3.05) is 18.0 Å². The van der Waals surface area contributed by atoms with Gasteiger partial charge in [-0.15, -0.1) is 0 Å². The largest absolute Gasteiger partial charge is 0.372 e. The van der Waals surface area contributed by atoms with Gasteiger partial charge in [0.05, 0.1) is 10.5 Å². The van der Waals surface area contributed by atoms with Crippen LogP contribution in [0.1, 0.15) is 61.8 Å². The molecule has 0 aliphatic rings. The number of benzene rings is 2. The Morgan fingerprint density at radius 1 is 0.966 bits per heavy atom. The summed E-state index contributed by atoms with van der Waals surface area (Å²) >= 11 is 0. The molecule has 5 heteroatoms. The topological polar surface area (TPSA) is 70.2 Å². The molecule has 5 nitrogen and oxygen atoms in total. The fourth-order valence-electron chi connectivity index (χ4n) is 3.03. The van der Waals surface area contributed by atoms with Crippen molar-refractivity contribution in [1.29, 1.82) is 5.26 Å². The first-order valence-electron chi connectivity index (χ1n) is 10.1. The van der Waals surface area contributed by atoms with Crippen LogP contribution in [0.4, 0.5) is 11.4 Å². The molecule has 0 saturated heterocycles. The summed E-state index contributed by atoms with van der Waals surface area (Å²) in [6.45, 7) is 8.54. The van der Waals surface area contributed by atoms with E-state index < -0.39 is 4.92 Å². The molecule has 0 atom stereocenters. The van der Waals surface area contributed by atoms with E-state index in [2.05, 4.69) is 42.7 Å². The van der Waals surface area contributed by atoms with E-state index in [1.807, 2.05) is 19.1 Å². The lowest BCUT2D eigenvalue weighted by Crippen LogP contribution is -2.25. The molecule has 0 fully saturated rings. The normalized spacial score (nSPS) is 10.0. The highest BCUT2D eigenvalue weighted by molar-refractivity contribution is 5.58. The molecular formula is C24H27N3O2. The molecule has 0 unspecified atom stereocenters. The van der Waals surface area contributed by atoms with Gasteiger partial charge in [0.2, 0.25) is 0 Å². The van der Waals surface area contributed by atoms with E-state index in [0.717, 1.165) is 24.2 Å². The monoisotopic (exact) mass is 389 g/mol. The summed E-state index contributed by atoms with van der Waals surface area (Å²) in [6, 6.07) is 12.4. The second-order valence-electron chi connectivity index (χ2n) is 7.04. The minimum Gasteiger partial charge on any atom is -0.372 e. The summed E-state index contributed by atoms with van der Waals surface area (Å²) < 4.78 is 0. The number of unbranched alkanes of at least 4 members (excludes halogenated alkanes) is 2. The molecule has 0 amide bonds. The molecule has 0 bridgehead atoms. The van der Waals surface area contributed by atoms with Gasteiger partial charge >= 0.3 is 0 Å². The SMILES string of the molecule is CCCCN(CCCC)c1ccc(C#Cc2ccc([N+](=O)[O-])cc2C#N)c(C)c1. The fourth-order valence-corrected chi connectivity index (χ4v) is 3.03. The van der Waals surface area contributed by atoms with Gasteiger partial charge in [-0.2, -0.15) is 5.26 Å². The average molecular weight is 389 g/mol. The lowest BCUT2D eigenvalue weighted by molar-refractivity contribution is -0.384. The van der Waals surface area contributed by atoms with Crippen LogP contribution in [-0.4, -0.2) is 18.0 Å². The molecule has 0 saturated carbocycles. The van der Waals surface area contributed by atoms with Gasteiger partial charge in [0.25, 0.3) is 5.69 Å². The number of anilines is 1. The van der Waals surface area contributed by atoms with E-state index >= 15 is 0 Å². The van der Waals surface area contributed by atoms with E-state index in [1.165, 1.54) is 49.6 Å². The Kier molecular flexibility index (Phi) is 8.25. The molecule has 0 aliphatic carbocycles. The third kappa shape index (κ3) is 6.09. The quantitative estimate of drug-likeness (QED) is 0.336. The van der Waals surface area contributed by atoms with E-state index in [-0.39, 0.29) is 11.3 Å². The van der Waals surface area contributed by atoms with Crippen molar-refractivity contribution in [1.82, 2.24) is 0 Å². The van der Waals surface area contributed by atoms with Gasteiger partial charge in [0.1, 0.15) is 6.07 Å². The van der Waals surface area contributed by atoms with Crippen LogP contribution in [-0.2, 0) is 0 Å². The molecular weight excluding hydrogens is 362 g/mol. The molecule has 29 heavy (non-hydrogen) atoms. The predicted octanol–water partition coefficient (Wildman–Crippen LogP) is 5.58. The van der Waals surface area contributed by atoms with Crippen LogP contribution in [0.25, 0.3) is 0 Å². The van der Waals surface area contributed by atoms with E-state index in [4.69, 9.17) is 0 Å². The van der Waals surface area contributed by atoms with E-state index in [9.17, 15) is 15.4 Å². The van der Waals surface area contributed by atoms with Crippen molar-refractivity contribution in [3.8, 4) is 17.9 Å². The second kappa shape index (κ2) is 10.9. The number of nitro benzene ring substituents is 1. The van der Waals surface area contributed by atoms with Gasteiger partial charge in [-0.3, -0.25) is 10.1 Å². The number of nitro groups is 1. The van der Waals surface area contributed by atoms with Crippen molar-refractivity contribution in [3.63, 3.8) is 0 Å². The minimum absolute atomic E-state index is 0.105. The fraction of sp³-hybridized carbons (Fsp3) is 0.375. The van der Waals surface area contributed by atoms with Gasteiger partial charge in [-0.25, -0.2) is 0 Å². The molecule has 0 spiro atoms. The van der Waals surface area contributed by atoms with Crippen molar-refractivity contribution in [3.05, 3.63) is 68.8 Å². The van der Waals surface area contributed by atoms with Crippen molar-refractivity contribution < 1.29 is 4.92 Å². The number of nitrogens with zero attached hydrogens (tertiary/aromatic N) is 3. The molecule has 2 aromatic carbocycles. The third-order valence-electron chi connectivity index (χ3n) is 4.80. The summed E-state index contributed by atoms with van der Waals surface area (Å²) in [5, 5.41) is 20.1. The molecule has 150 valence electrons. The Hall–Kier alpha value is -3.31. The van der Waals surface area contributed by atoms with Crippen LogP contribution in [0, 0.1) is 40.2 Å². The maximum absolute atomic E-state index is 10.9. The van der Waals surface area contributed by atoms with Gasteiger partial charge in [-0.05, 0) is 49.6 Å². The zero-order valence-electron chi connectivity index (χ0n) is 17.4. The maximum atomic E-state index is 10.9. The first kappa shape index (κ1) is 22.0. The Bertz CT molecular complexity index is 956. The average Bonchev–Trinajstić information content (AvgIpc) is 2.72. The van der Waals surface area contributed by atoms with Crippen LogP contribution >= 0.6 is 0 Å². The zero-order valence-corrected chi connectivity index (χ0v) is 17.4. The number of non-ortho nitro benzene ring substituents is 1. The smallest absolute Gasteiger partial charge is 0.270 e.